The van der Waals surface area contributed by atoms with Crippen LogP contribution in [0.3, 0.4) is 0 Å². The Kier molecular flexibility index (Phi) is 4.54. The van der Waals surface area contributed by atoms with Crippen molar-refractivity contribution in [2.75, 3.05) is 5.32 Å². The predicted octanol–water partition coefficient (Wildman–Crippen LogP) is 5.46. The fourth-order valence-corrected chi connectivity index (χ4v) is 2.78. The maximum Gasteiger partial charge on any atom is 0.248 e. The summed E-state index contributed by atoms with van der Waals surface area (Å²) in [6, 6.07) is 23.1. The fourth-order valence-electron chi connectivity index (χ4n) is 2.78. The van der Waals surface area contributed by atoms with Crippen LogP contribution in [-0.2, 0) is 4.79 Å². The van der Waals surface area contributed by atoms with Gasteiger partial charge in [0.2, 0.25) is 11.8 Å². The Morgan fingerprint density at radius 3 is 2.56 bits per heavy atom. The van der Waals surface area contributed by atoms with Crippen molar-refractivity contribution in [3.05, 3.63) is 90.0 Å². The van der Waals surface area contributed by atoms with E-state index in [4.69, 9.17) is 4.42 Å². The van der Waals surface area contributed by atoms with E-state index in [1.165, 1.54) is 6.08 Å². The van der Waals surface area contributed by atoms with E-state index < -0.39 is 0 Å². The molecule has 0 aliphatic carbocycles. The first kappa shape index (κ1) is 16.8. The van der Waals surface area contributed by atoms with E-state index in [-0.39, 0.29) is 5.91 Å². The van der Waals surface area contributed by atoms with Gasteiger partial charge in [0, 0.05) is 17.3 Å². The van der Waals surface area contributed by atoms with Crippen molar-refractivity contribution in [3.8, 4) is 11.5 Å². The van der Waals surface area contributed by atoms with Gasteiger partial charge in [0.1, 0.15) is 5.52 Å². The number of aryl methyl sites for hydroxylation is 1. The second-order valence-electron chi connectivity index (χ2n) is 6.30. The van der Waals surface area contributed by atoms with Crippen LogP contribution in [0, 0.1) is 6.92 Å². The Bertz CT molecular complexity index is 1110. The Balaban J connectivity index is 1.46. The molecule has 4 rings (SSSR count). The van der Waals surface area contributed by atoms with Crippen LogP contribution >= 0.6 is 0 Å². The van der Waals surface area contributed by atoms with Crippen LogP contribution in [0.4, 0.5) is 5.69 Å². The van der Waals surface area contributed by atoms with E-state index in [0.717, 1.165) is 27.8 Å². The molecule has 0 radical (unpaired) electrons. The van der Waals surface area contributed by atoms with Gasteiger partial charge in [0.25, 0.3) is 0 Å². The summed E-state index contributed by atoms with van der Waals surface area (Å²) >= 11 is 0. The monoisotopic (exact) mass is 354 g/mol. The summed E-state index contributed by atoms with van der Waals surface area (Å²) in [5, 5.41) is 2.85. The van der Waals surface area contributed by atoms with Crippen molar-refractivity contribution in [1.29, 1.82) is 0 Å². The number of hydrogen-bond donors (Lipinski definition) is 1. The van der Waals surface area contributed by atoms with Gasteiger partial charge >= 0.3 is 0 Å². The lowest BCUT2D eigenvalue weighted by molar-refractivity contribution is -0.111. The van der Waals surface area contributed by atoms with Gasteiger partial charge < -0.3 is 9.73 Å². The van der Waals surface area contributed by atoms with Crippen LogP contribution in [0.1, 0.15) is 11.1 Å². The number of nitrogens with zero attached hydrogens (tertiary/aromatic N) is 1. The van der Waals surface area contributed by atoms with Crippen LogP contribution in [0.15, 0.2) is 83.3 Å². The Labute approximate surface area is 157 Å². The van der Waals surface area contributed by atoms with Gasteiger partial charge in [-0.05, 0) is 60.5 Å². The minimum atomic E-state index is -0.177. The third kappa shape index (κ3) is 3.96. The molecule has 0 spiro atoms. The lowest BCUT2D eigenvalue weighted by Crippen LogP contribution is -2.07. The van der Waals surface area contributed by atoms with Gasteiger partial charge in [0.15, 0.2) is 5.58 Å². The Morgan fingerprint density at radius 1 is 1.00 bits per heavy atom. The molecule has 0 aliphatic heterocycles. The molecule has 1 heterocycles. The van der Waals surface area contributed by atoms with Crippen LogP contribution in [0.25, 0.3) is 28.6 Å². The van der Waals surface area contributed by atoms with Gasteiger partial charge in [-0.3, -0.25) is 4.79 Å². The first-order valence-electron chi connectivity index (χ1n) is 8.69. The Hall–Kier alpha value is -3.66. The van der Waals surface area contributed by atoms with Gasteiger partial charge in [0.05, 0.1) is 0 Å². The fraction of sp³-hybridized carbons (Fsp3) is 0.0435. The molecule has 27 heavy (non-hydrogen) atoms. The quantitative estimate of drug-likeness (QED) is 0.495. The first-order valence-corrected chi connectivity index (χ1v) is 8.69. The molecule has 1 N–H and O–H groups in total. The van der Waals surface area contributed by atoms with Crippen LogP contribution in [0.5, 0.6) is 0 Å². The first-order chi connectivity index (χ1) is 13.2. The van der Waals surface area contributed by atoms with E-state index in [2.05, 4.69) is 10.3 Å². The van der Waals surface area contributed by atoms with Crippen molar-refractivity contribution in [2.45, 2.75) is 6.92 Å². The van der Waals surface area contributed by atoms with E-state index in [1.54, 1.807) is 6.08 Å². The van der Waals surface area contributed by atoms with Crippen LogP contribution < -0.4 is 5.32 Å². The van der Waals surface area contributed by atoms with Crippen molar-refractivity contribution in [1.82, 2.24) is 4.98 Å². The van der Waals surface area contributed by atoms with E-state index in [1.807, 2.05) is 79.7 Å². The molecule has 1 amide bonds. The molecule has 3 aromatic carbocycles. The molecule has 0 aliphatic rings. The second-order valence-corrected chi connectivity index (χ2v) is 6.30. The number of carbonyl (C=O) groups is 1. The molecular formula is C23H18N2O2. The molecule has 132 valence electrons. The number of rotatable bonds is 4. The highest BCUT2D eigenvalue weighted by molar-refractivity contribution is 6.02. The minimum Gasteiger partial charge on any atom is -0.436 e. The lowest BCUT2D eigenvalue weighted by Gasteiger charge is -2.03. The lowest BCUT2D eigenvalue weighted by atomic mass is 10.2. The largest absolute Gasteiger partial charge is 0.436 e. The van der Waals surface area contributed by atoms with E-state index in [0.29, 0.717) is 11.6 Å². The zero-order valence-electron chi connectivity index (χ0n) is 14.8. The molecule has 0 saturated carbocycles. The standard InChI is InChI=1S/C23H18N2O2/c1-16-7-13-21-20(15-16)25-23(27-21)18-9-11-19(12-10-18)24-22(26)14-8-17-5-3-2-4-6-17/h2-15H,1H3,(H,24,26)/b14-8-. The summed E-state index contributed by atoms with van der Waals surface area (Å²) in [4.78, 5) is 16.6. The van der Waals surface area contributed by atoms with Crippen molar-refractivity contribution >= 4 is 28.8 Å². The van der Waals surface area contributed by atoms with Crippen molar-refractivity contribution in [2.24, 2.45) is 0 Å². The molecule has 1 aromatic heterocycles. The van der Waals surface area contributed by atoms with Gasteiger partial charge in [-0.2, -0.15) is 0 Å². The number of aromatic nitrogens is 1. The van der Waals surface area contributed by atoms with Gasteiger partial charge in [-0.15, -0.1) is 0 Å². The highest BCUT2D eigenvalue weighted by Crippen LogP contribution is 2.25. The number of nitrogens with one attached hydrogen (secondary N) is 1. The highest BCUT2D eigenvalue weighted by Gasteiger charge is 2.08. The number of amides is 1. The number of hydrogen-bond acceptors (Lipinski definition) is 3. The Morgan fingerprint density at radius 2 is 1.78 bits per heavy atom. The number of fused-ring (bicyclic) bond motifs is 1. The molecular weight excluding hydrogens is 336 g/mol. The predicted molar refractivity (Wildman–Crippen MR) is 108 cm³/mol. The summed E-state index contributed by atoms with van der Waals surface area (Å²) in [6.45, 7) is 2.03. The van der Waals surface area contributed by atoms with Gasteiger partial charge in [-0.1, -0.05) is 36.4 Å². The summed E-state index contributed by atoms with van der Waals surface area (Å²) in [5.41, 5.74) is 5.31. The molecule has 4 heteroatoms. The smallest absolute Gasteiger partial charge is 0.248 e. The van der Waals surface area contributed by atoms with Crippen molar-refractivity contribution in [3.63, 3.8) is 0 Å². The zero-order chi connectivity index (χ0) is 18.6. The number of anilines is 1. The summed E-state index contributed by atoms with van der Waals surface area (Å²) in [6.07, 6.45) is 3.30. The molecule has 0 saturated heterocycles. The molecule has 4 aromatic rings. The maximum atomic E-state index is 12.1. The summed E-state index contributed by atoms with van der Waals surface area (Å²) in [5.74, 6) is 0.390. The SMILES string of the molecule is Cc1ccc2oc(-c3ccc(NC(=O)/C=C\c4ccccc4)cc3)nc2c1. The van der Waals surface area contributed by atoms with Crippen molar-refractivity contribution < 1.29 is 9.21 Å². The third-order valence-electron chi connectivity index (χ3n) is 4.17. The molecule has 0 unspecified atom stereocenters. The number of oxazole rings is 1. The highest BCUT2D eigenvalue weighted by atomic mass is 16.3. The zero-order valence-corrected chi connectivity index (χ0v) is 14.8. The average molecular weight is 354 g/mol. The molecule has 0 fully saturated rings. The number of carbonyl (C=O) groups excluding carboxylic acids is 1. The number of benzene rings is 3. The molecule has 4 nitrogen and oxygen atoms in total. The van der Waals surface area contributed by atoms with E-state index >= 15 is 0 Å². The topological polar surface area (TPSA) is 55.1 Å². The molecule has 0 bridgehead atoms. The normalized spacial score (nSPS) is 11.1. The second kappa shape index (κ2) is 7.30. The summed E-state index contributed by atoms with van der Waals surface area (Å²) < 4.78 is 5.81. The van der Waals surface area contributed by atoms with Crippen LogP contribution in [0.2, 0.25) is 0 Å². The minimum absolute atomic E-state index is 0.177. The van der Waals surface area contributed by atoms with Crippen LogP contribution in [-0.4, -0.2) is 10.9 Å². The average Bonchev–Trinajstić information content (AvgIpc) is 3.11. The van der Waals surface area contributed by atoms with Gasteiger partial charge in [-0.25, -0.2) is 4.98 Å². The third-order valence-corrected chi connectivity index (χ3v) is 4.17. The van der Waals surface area contributed by atoms with E-state index in [9.17, 15) is 4.79 Å². The summed E-state index contributed by atoms with van der Waals surface area (Å²) in [7, 11) is 0. The molecule has 0 atom stereocenters. The maximum absolute atomic E-state index is 12.1.